The van der Waals surface area contributed by atoms with Gasteiger partial charge in [0, 0.05) is 19.0 Å². The molecule has 3 aromatic rings. The van der Waals surface area contributed by atoms with Crippen molar-refractivity contribution in [2.24, 2.45) is 5.73 Å². The number of hydrogen-bond acceptors (Lipinski definition) is 10. The van der Waals surface area contributed by atoms with Crippen molar-refractivity contribution < 1.29 is 37.7 Å². The highest BCUT2D eigenvalue weighted by molar-refractivity contribution is 7.19. The Morgan fingerprint density at radius 2 is 1.92 bits per heavy atom. The number of nitrogens with zero attached hydrogens (tertiary/aromatic N) is 4. The lowest BCUT2D eigenvalue weighted by atomic mass is 10.1. The van der Waals surface area contributed by atoms with E-state index in [1.165, 1.54) is 0 Å². The van der Waals surface area contributed by atoms with E-state index in [1.54, 1.807) is 0 Å². The lowest BCUT2D eigenvalue weighted by Gasteiger charge is -2.29. The van der Waals surface area contributed by atoms with Crippen LogP contribution in [-0.2, 0) is 6.10 Å². The van der Waals surface area contributed by atoms with Crippen LogP contribution < -0.4 is 21.7 Å². The molecule has 0 aliphatic carbocycles. The molecule has 3 heterocycles. The summed E-state index contributed by atoms with van der Waals surface area (Å²) in [6.45, 7) is -1.03. The predicted molar refractivity (Wildman–Crippen MR) is 121 cm³/mol. The number of carbonyl (C=O) groups excluding carboxylic acids is 1. The first kappa shape index (κ1) is 25.8. The molecule has 1 aliphatic heterocycles. The molecule has 2 aromatic heterocycles. The van der Waals surface area contributed by atoms with Crippen LogP contribution in [0.25, 0.3) is 10.6 Å². The number of aromatic nitrogens is 3. The number of amides is 1. The summed E-state index contributed by atoms with van der Waals surface area (Å²) in [4.78, 5) is 17.8. The van der Waals surface area contributed by atoms with Crippen molar-refractivity contribution in [2.45, 2.75) is 30.9 Å². The molecule has 36 heavy (non-hydrogen) atoms. The molecular weight excluding hydrogens is 510 g/mol. The molecule has 11 nitrogen and oxygen atoms in total. The van der Waals surface area contributed by atoms with Gasteiger partial charge in [0.25, 0.3) is 11.8 Å². The zero-order valence-electron chi connectivity index (χ0n) is 18.3. The van der Waals surface area contributed by atoms with Crippen molar-refractivity contribution in [1.29, 1.82) is 0 Å². The van der Waals surface area contributed by atoms with Crippen LogP contribution >= 0.6 is 11.3 Å². The third kappa shape index (κ3) is 5.12. The van der Waals surface area contributed by atoms with Crippen molar-refractivity contribution in [3.63, 3.8) is 0 Å². The van der Waals surface area contributed by atoms with Gasteiger partial charge in [-0.15, -0.1) is 0 Å². The molecule has 0 saturated carbocycles. The van der Waals surface area contributed by atoms with E-state index in [0.717, 1.165) is 29.3 Å². The number of alkyl halides is 2. The Bertz CT molecular complexity index is 1270. The lowest BCUT2D eigenvalue weighted by Crippen LogP contribution is -2.41. The second-order valence-electron chi connectivity index (χ2n) is 8.21. The van der Waals surface area contributed by atoms with Crippen LogP contribution in [0.5, 0.6) is 0 Å². The molecule has 4 rings (SSSR count). The first-order valence-corrected chi connectivity index (χ1v) is 11.2. The molecule has 8 N–H and O–H groups in total. The van der Waals surface area contributed by atoms with Crippen molar-refractivity contribution in [1.82, 2.24) is 14.8 Å². The standard InChI is InChI=1S/C20H21F4N7O4S/c21-10-2-1-3-11(22)13(10)17-29-14(15(26)36-17)16(32)28-12-7-27-31(20(33,34)35)18(12)30-5-4-9(25)6-19(23,24)8-30/h1-3,7,9,33-35H,4-6,8,25-26H2,(H,28,32)/t9-/m0/s1. The van der Waals surface area contributed by atoms with Gasteiger partial charge in [-0.3, -0.25) is 4.79 Å². The van der Waals surface area contributed by atoms with Gasteiger partial charge < -0.3 is 37.0 Å². The first-order chi connectivity index (χ1) is 16.8. The predicted octanol–water partition coefficient (Wildman–Crippen LogP) is 1.23. The van der Waals surface area contributed by atoms with Crippen LogP contribution in [0, 0.1) is 11.6 Å². The lowest BCUT2D eigenvalue weighted by molar-refractivity contribution is -0.379. The number of nitrogen functional groups attached to an aromatic ring is 1. The number of benzene rings is 1. The van der Waals surface area contributed by atoms with Gasteiger partial charge in [0.2, 0.25) is 0 Å². The molecule has 1 aliphatic rings. The van der Waals surface area contributed by atoms with E-state index in [0.29, 0.717) is 11.3 Å². The molecule has 0 unspecified atom stereocenters. The Kier molecular flexibility index (Phi) is 6.65. The van der Waals surface area contributed by atoms with E-state index in [2.05, 4.69) is 15.4 Å². The van der Waals surface area contributed by atoms with Gasteiger partial charge in [-0.25, -0.2) is 22.5 Å². The van der Waals surface area contributed by atoms with E-state index in [-0.39, 0.29) is 33.3 Å². The number of rotatable bonds is 5. The maximum Gasteiger partial charge on any atom is 0.390 e. The van der Waals surface area contributed by atoms with Crippen molar-refractivity contribution in [3.8, 4) is 10.6 Å². The number of nitrogens with two attached hydrogens (primary N) is 2. The number of halogens is 4. The van der Waals surface area contributed by atoms with E-state index in [4.69, 9.17) is 11.5 Å². The Hall–Kier alpha value is -3.31. The van der Waals surface area contributed by atoms with Gasteiger partial charge in [-0.05, 0) is 18.6 Å². The number of aliphatic hydroxyl groups is 3. The van der Waals surface area contributed by atoms with Gasteiger partial charge >= 0.3 is 6.10 Å². The number of nitrogens with one attached hydrogen (secondary N) is 1. The number of carbonyl (C=O) groups is 1. The number of anilines is 3. The molecule has 16 heteroatoms. The third-order valence-electron chi connectivity index (χ3n) is 5.37. The fourth-order valence-corrected chi connectivity index (χ4v) is 4.73. The van der Waals surface area contributed by atoms with E-state index in [1.807, 2.05) is 0 Å². The molecule has 1 saturated heterocycles. The molecular formula is C20H21F4N7O4S. The van der Waals surface area contributed by atoms with Gasteiger partial charge in [-0.2, -0.15) is 9.78 Å². The molecule has 1 amide bonds. The maximum atomic E-state index is 14.4. The monoisotopic (exact) mass is 531 g/mol. The minimum Gasteiger partial charge on any atom is -0.389 e. The quantitative estimate of drug-likeness (QED) is 0.209. The normalized spacial score (nSPS) is 18.2. The summed E-state index contributed by atoms with van der Waals surface area (Å²) in [5, 5.41) is 34.6. The average Bonchev–Trinajstić information content (AvgIpc) is 3.30. The summed E-state index contributed by atoms with van der Waals surface area (Å²) < 4.78 is 57.3. The first-order valence-electron chi connectivity index (χ1n) is 10.4. The van der Waals surface area contributed by atoms with Crippen LogP contribution in [0.2, 0.25) is 0 Å². The molecule has 1 fully saturated rings. The number of hydrogen-bond donors (Lipinski definition) is 6. The second-order valence-corrected chi connectivity index (χ2v) is 9.24. The summed E-state index contributed by atoms with van der Waals surface area (Å²) in [5.41, 5.74) is 10.3. The summed E-state index contributed by atoms with van der Waals surface area (Å²) in [5.74, 6) is -6.61. The Morgan fingerprint density at radius 1 is 1.25 bits per heavy atom. The van der Waals surface area contributed by atoms with Gasteiger partial charge in [0.15, 0.2) is 11.5 Å². The zero-order chi connectivity index (χ0) is 26.4. The Balaban J connectivity index is 1.70. The van der Waals surface area contributed by atoms with Gasteiger partial charge in [0.1, 0.15) is 27.3 Å². The second kappa shape index (κ2) is 9.29. The average molecular weight is 531 g/mol. The van der Waals surface area contributed by atoms with Crippen molar-refractivity contribution >= 4 is 33.8 Å². The molecule has 0 radical (unpaired) electrons. The molecule has 1 atom stereocenters. The van der Waals surface area contributed by atoms with Gasteiger partial charge in [0.05, 0.1) is 18.3 Å². The summed E-state index contributed by atoms with van der Waals surface area (Å²) in [6, 6.07) is 2.31. The van der Waals surface area contributed by atoms with Crippen LogP contribution in [-0.4, -0.2) is 61.0 Å². The fraction of sp³-hybridized carbons (Fsp3) is 0.350. The molecule has 0 spiro atoms. The van der Waals surface area contributed by atoms with E-state index < -0.39 is 65.6 Å². The Morgan fingerprint density at radius 3 is 2.56 bits per heavy atom. The van der Waals surface area contributed by atoms with Crippen LogP contribution in [0.1, 0.15) is 23.3 Å². The minimum absolute atomic E-state index is 0.0834. The minimum atomic E-state index is -3.60. The van der Waals surface area contributed by atoms with Gasteiger partial charge in [-0.1, -0.05) is 17.4 Å². The highest BCUT2D eigenvalue weighted by Gasteiger charge is 2.40. The fourth-order valence-electron chi connectivity index (χ4n) is 3.85. The third-order valence-corrected chi connectivity index (χ3v) is 6.28. The van der Waals surface area contributed by atoms with E-state index >= 15 is 0 Å². The highest BCUT2D eigenvalue weighted by Crippen LogP contribution is 2.37. The number of thiazole rings is 1. The molecule has 194 valence electrons. The van der Waals surface area contributed by atoms with Crippen molar-refractivity contribution in [2.75, 3.05) is 29.0 Å². The largest absolute Gasteiger partial charge is 0.390 e. The smallest absolute Gasteiger partial charge is 0.389 e. The maximum absolute atomic E-state index is 14.4. The summed E-state index contributed by atoms with van der Waals surface area (Å²) in [6.07, 6.45) is -3.27. The molecule has 1 aromatic carbocycles. The summed E-state index contributed by atoms with van der Waals surface area (Å²) >= 11 is 0.641. The summed E-state index contributed by atoms with van der Waals surface area (Å²) in [7, 11) is 0. The zero-order valence-corrected chi connectivity index (χ0v) is 19.1. The van der Waals surface area contributed by atoms with E-state index in [9.17, 15) is 37.7 Å². The Labute approximate surface area is 204 Å². The molecule has 0 bridgehead atoms. The van der Waals surface area contributed by atoms with Crippen LogP contribution in [0.3, 0.4) is 0 Å². The van der Waals surface area contributed by atoms with Crippen molar-refractivity contribution in [3.05, 3.63) is 41.7 Å². The van der Waals surface area contributed by atoms with Crippen LogP contribution in [0.4, 0.5) is 34.1 Å². The SMILES string of the molecule is Nc1sc(-c2c(F)cccc2F)nc1C(=O)Nc1cnn(C(O)(O)O)c1N1CC[C@H](N)CC(F)(F)C1. The highest BCUT2D eigenvalue weighted by atomic mass is 32.1. The topological polar surface area (TPSA) is 176 Å². The van der Waals surface area contributed by atoms with Crippen LogP contribution in [0.15, 0.2) is 24.4 Å².